The molecule has 0 N–H and O–H groups in total. The average molecular weight is 352 g/mol. The summed E-state index contributed by atoms with van der Waals surface area (Å²) in [7, 11) is -4.39. The highest BCUT2D eigenvalue weighted by Gasteiger charge is 2.38. The third kappa shape index (κ3) is 8.67. The second-order valence-electron chi connectivity index (χ2n) is 4.76. The molecule has 0 aromatic rings. The van der Waals surface area contributed by atoms with Crippen LogP contribution < -0.4 is 0 Å². The van der Waals surface area contributed by atoms with Gasteiger partial charge in [0.2, 0.25) is 0 Å². The molecule has 0 aliphatic carbocycles. The summed E-state index contributed by atoms with van der Waals surface area (Å²) < 4.78 is 92.3. The molecule has 0 aromatic heterocycles. The number of hydrogen-bond donors (Lipinski definition) is 0. The van der Waals surface area contributed by atoms with Crippen LogP contribution in [0.4, 0.5) is 22.0 Å². The van der Waals surface area contributed by atoms with Crippen molar-refractivity contribution in [3.8, 4) is 0 Å². The molecule has 4 atom stereocenters. The van der Waals surface area contributed by atoms with Gasteiger partial charge in [-0.1, -0.05) is 18.9 Å². The van der Waals surface area contributed by atoms with Crippen LogP contribution in [0.1, 0.15) is 25.7 Å². The van der Waals surface area contributed by atoms with E-state index in [0.717, 1.165) is 6.08 Å². The highest BCUT2D eigenvalue weighted by Crippen LogP contribution is 2.22. The third-order valence-corrected chi connectivity index (χ3v) is 4.06. The Bertz CT molecular complexity index is 404. The van der Waals surface area contributed by atoms with Gasteiger partial charge in [-0.15, -0.1) is 6.58 Å². The van der Waals surface area contributed by atoms with Crippen molar-refractivity contribution in [1.29, 1.82) is 0 Å². The molecule has 0 radical (unpaired) electrons. The van der Waals surface area contributed by atoms with Crippen molar-refractivity contribution in [1.82, 2.24) is 0 Å². The standard InChI is InChI=1S/C13H21F5O3S/c1-2-8-21-22(19,20)9-11(16)13(18)12(17)10(15)6-4-3-5-7-14/h2,10-13H,1,3-9H2. The molecular weight excluding hydrogens is 331 g/mol. The molecule has 0 saturated carbocycles. The summed E-state index contributed by atoms with van der Waals surface area (Å²) in [6.07, 6.45) is -9.38. The van der Waals surface area contributed by atoms with Crippen molar-refractivity contribution in [2.75, 3.05) is 19.0 Å². The second-order valence-corrected chi connectivity index (χ2v) is 6.44. The Labute approximate surface area is 127 Å². The molecule has 0 rings (SSSR count). The molecule has 0 spiro atoms. The smallest absolute Gasteiger partial charge is 0.266 e. The zero-order chi connectivity index (χ0) is 17.2. The fourth-order valence-corrected chi connectivity index (χ4v) is 2.63. The molecular formula is C13H21F5O3S. The molecule has 0 aliphatic rings. The first-order valence-corrected chi connectivity index (χ1v) is 8.43. The highest BCUT2D eigenvalue weighted by molar-refractivity contribution is 7.86. The van der Waals surface area contributed by atoms with Gasteiger partial charge in [0.05, 0.1) is 13.3 Å². The van der Waals surface area contributed by atoms with Crippen LogP contribution in [0.5, 0.6) is 0 Å². The molecule has 3 nitrogen and oxygen atoms in total. The molecule has 0 heterocycles. The Morgan fingerprint density at radius 3 is 2.14 bits per heavy atom. The number of unbranched alkanes of at least 4 members (excludes halogenated alkanes) is 2. The van der Waals surface area contributed by atoms with Crippen LogP contribution in [0.25, 0.3) is 0 Å². The molecule has 4 unspecified atom stereocenters. The van der Waals surface area contributed by atoms with Gasteiger partial charge >= 0.3 is 0 Å². The highest BCUT2D eigenvalue weighted by atomic mass is 32.2. The molecule has 0 aromatic carbocycles. The molecule has 0 amide bonds. The molecule has 0 fully saturated rings. The summed E-state index contributed by atoms with van der Waals surface area (Å²) in [5.41, 5.74) is 0. The van der Waals surface area contributed by atoms with Crippen LogP contribution in [0.2, 0.25) is 0 Å². The van der Waals surface area contributed by atoms with Gasteiger partial charge in [-0.05, 0) is 12.8 Å². The Morgan fingerprint density at radius 2 is 1.59 bits per heavy atom. The van der Waals surface area contributed by atoms with Crippen molar-refractivity contribution in [2.45, 2.75) is 50.4 Å². The van der Waals surface area contributed by atoms with Crippen LogP contribution in [-0.4, -0.2) is 52.1 Å². The second kappa shape index (κ2) is 10.9. The Balaban J connectivity index is 4.35. The van der Waals surface area contributed by atoms with E-state index in [9.17, 15) is 30.4 Å². The Kier molecular flexibility index (Phi) is 10.6. The summed E-state index contributed by atoms with van der Waals surface area (Å²) >= 11 is 0. The zero-order valence-corrected chi connectivity index (χ0v) is 12.9. The van der Waals surface area contributed by atoms with Gasteiger partial charge < -0.3 is 0 Å². The maximum atomic E-state index is 13.5. The van der Waals surface area contributed by atoms with E-state index in [0.29, 0.717) is 6.42 Å². The topological polar surface area (TPSA) is 43.4 Å². The van der Waals surface area contributed by atoms with Crippen LogP contribution in [-0.2, 0) is 14.3 Å². The van der Waals surface area contributed by atoms with Gasteiger partial charge in [-0.3, -0.25) is 8.57 Å². The van der Waals surface area contributed by atoms with E-state index in [1.54, 1.807) is 0 Å². The quantitative estimate of drug-likeness (QED) is 0.221. The summed E-state index contributed by atoms with van der Waals surface area (Å²) in [4.78, 5) is 0. The number of halogens is 5. The summed E-state index contributed by atoms with van der Waals surface area (Å²) in [6, 6.07) is 0. The van der Waals surface area contributed by atoms with Crippen LogP contribution >= 0.6 is 0 Å². The van der Waals surface area contributed by atoms with E-state index < -0.39 is 53.8 Å². The molecule has 9 heteroatoms. The normalized spacial score (nSPS) is 17.7. The lowest BCUT2D eigenvalue weighted by atomic mass is 10.0. The first kappa shape index (κ1) is 21.3. The average Bonchev–Trinajstić information content (AvgIpc) is 2.47. The largest absolute Gasteiger partial charge is 0.270 e. The molecule has 0 bridgehead atoms. The van der Waals surface area contributed by atoms with E-state index in [2.05, 4.69) is 10.8 Å². The lowest BCUT2D eigenvalue weighted by molar-refractivity contribution is 0.0352. The SMILES string of the molecule is C=CCOS(=O)(=O)CC(F)C(F)C(F)C(F)CCCCCF. The van der Waals surface area contributed by atoms with Crippen LogP contribution in [0, 0.1) is 0 Å². The van der Waals surface area contributed by atoms with Crippen LogP contribution in [0.3, 0.4) is 0 Å². The Hall–Kier alpha value is -0.700. The van der Waals surface area contributed by atoms with Gasteiger partial charge in [-0.25, -0.2) is 17.6 Å². The van der Waals surface area contributed by atoms with E-state index in [1.165, 1.54) is 0 Å². The van der Waals surface area contributed by atoms with Gasteiger partial charge in [-0.2, -0.15) is 8.42 Å². The van der Waals surface area contributed by atoms with E-state index in [1.807, 2.05) is 0 Å². The van der Waals surface area contributed by atoms with Gasteiger partial charge in [0, 0.05) is 0 Å². The lowest BCUT2D eigenvalue weighted by Crippen LogP contribution is -2.38. The van der Waals surface area contributed by atoms with E-state index in [-0.39, 0.29) is 19.3 Å². The zero-order valence-electron chi connectivity index (χ0n) is 12.1. The maximum absolute atomic E-state index is 13.5. The monoisotopic (exact) mass is 352 g/mol. The van der Waals surface area contributed by atoms with E-state index in [4.69, 9.17) is 0 Å². The summed E-state index contributed by atoms with van der Waals surface area (Å²) in [5, 5.41) is 0. The van der Waals surface area contributed by atoms with Crippen molar-refractivity contribution >= 4 is 10.1 Å². The fraction of sp³-hybridized carbons (Fsp3) is 0.846. The van der Waals surface area contributed by atoms with Gasteiger partial charge in [0.25, 0.3) is 10.1 Å². The predicted molar refractivity (Wildman–Crippen MR) is 74.0 cm³/mol. The Morgan fingerprint density at radius 1 is 1.00 bits per heavy atom. The van der Waals surface area contributed by atoms with Crippen molar-refractivity contribution in [2.24, 2.45) is 0 Å². The molecule has 132 valence electrons. The van der Waals surface area contributed by atoms with Crippen molar-refractivity contribution < 1.29 is 34.6 Å². The molecule has 22 heavy (non-hydrogen) atoms. The number of rotatable bonds is 13. The molecule has 0 aliphatic heterocycles. The summed E-state index contributed by atoms with van der Waals surface area (Å²) in [6.45, 7) is 2.17. The maximum Gasteiger partial charge on any atom is 0.270 e. The van der Waals surface area contributed by atoms with Crippen LogP contribution in [0.15, 0.2) is 12.7 Å². The third-order valence-electron chi connectivity index (χ3n) is 2.84. The van der Waals surface area contributed by atoms with Gasteiger partial charge in [0.15, 0.2) is 18.5 Å². The lowest BCUT2D eigenvalue weighted by Gasteiger charge is -2.20. The first-order chi connectivity index (χ1) is 10.2. The molecule has 0 saturated heterocycles. The number of alkyl halides is 5. The fourth-order valence-electron chi connectivity index (χ4n) is 1.66. The van der Waals surface area contributed by atoms with Crippen molar-refractivity contribution in [3.05, 3.63) is 12.7 Å². The predicted octanol–water partition coefficient (Wildman–Crippen LogP) is 3.40. The van der Waals surface area contributed by atoms with Crippen molar-refractivity contribution in [3.63, 3.8) is 0 Å². The van der Waals surface area contributed by atoms with Gasteiger partial charge in [0.1, 0.15) is 11.9 Å². The minimum absolute atomic E-state index is 0.135. The first-order valence-electron chi connectivity index (χ1n) is 6.85. The number of hydrogen-bond acceptors (Lipinski definition) is 3. The van der Waals surface area contributed by atoms with E-state index >= 15 is 0 Å². The minimum Gasteiger partial charge on any atom is -0.266 e. The minimum atomic E-state index is -4.39. The summed E-state index contributed by atoms with van der Waals surface area (Å²) in [5.74, 6) is -1.41.